The molecule has 0 fully saturated rings. The maximum absolute atomic E-state index is 13.4. The normalized spacial score (nSPS) is 12.8. The van der Waals surface area contributed by atoms with Crippen molar-refractivity contribution in [1.82, 2.24) is 4.98 Å². The van der Waals surface area contributed by atoms with Crippen molar-refractivity contribution in [3.05, 3.63) is 23.9 Å². The van der Waals surface area contributed by atoms with Crippen LogP contribution in [0.25, 0.3) is 0 Å². The van der Waals surface area contributed by atoms with Crippen LogP contribution in [0, 0.1) is 17.6 Å². The second-order valence-electron chi connectivity index (χ2n) is 4.14. The summed E-state index contributed by atoms with van der Waals surface area (Å²) >= 11 is 0. The van der Waals surface area contributed by atoms with E-state index in [-0.39, 0.29) is 17.8 Å². The fourth-order valence-electron chi connectivity index (χ4n) is 1.34. The minimum atomic E-state index is -0.688. The average molecular weight is 244 g/mol. The van der Waals surface area contributed by atoms with Gasteiger partial charge in [-0.05, 0) is 12.8 Å². The summed E-state index contributed by atoms with van der Waals surface area (Å²) in [4.78, 5) is 3.69. The van der Waals surface area contributed by atoms with Crippen molar-refractivity contribution in [3.8, 4) is 0 Å². The third-order valence-electron chi connectivity index (χ3n) is 2.44. The lowest BCUT2D eigenvalue weighted by Gasteiger charge is -2.22. The van der Waals surface area contributed by atoms with Gasteiger partial charge in [-0.3, -0.25) is 0 Å². The van der Waals surface area contributed by atoms with Crippen LogP contribution in [-0.2, 0) is 4.74 Å². The summed E-state index contributed by atoms with van der Waals surface area (Å²) in [5, 5.41) is 2.93. The zero-order valence-corrected chi connectivity index (χ0v) is 10.3. The van der Waals surface area contributed by atoms with Gasteiger partial charge in [-0.2, -0.15) is 0 Å². The summed E-state index contributed by atoms with van der Waals surface area (Å²) in [5.41, 5.74) is 0. The van der Waals surface area contributed by atoms with Crippen LogP contribution in [0.5, 0.6) is 0 Å². The molecule has 0 bridgehead atoms. The number of hydrogen-bond acceptors (Lipinski definition) is 3. The van der Waals surface area contributed by atoms with Crippen LogP contribution in [-0.4, -0.2) is 24.2 Å². The van der Waals surface area contributed by atoms with E-state index in [1.807, 2.05) is 20.8 Å². The Balaban J connectivity index is 2.71. The first-order valence-electron chi connectivity index (χ1n) is 5.70. The third-order valence-corrected chi connectivity index (χ3v) is 2.44. The molecule has 1 rings (SSSR count). The maximum atomic E-state index is 13.4. The van der Waals surface area contributed by atoms with Gasteiger partial charge in [0.25, 0.3) is 0 Å². The van der Waals surface area contributed by atoms with Gasteiger partial charge < -0.3 is 10.1 Å². The molecule has 1 heterocycles. The van der Waals surface area contributed by atoms with Gasteiger partial charge in [0.2, 0.25) is 0 Å². The topological polar surface area (TPSA) is 34.1 Å². The van der Waals surface area contributed by atoms with E-state index in [2.05, 4.69) is 10.3 Å². The second-order valence-corrected chi connectivity index (χ2v) is 4.14. The number of nitrogens with zero attached hydrogens (tertiary/aromatic N) is 1. The Kier molecular flexibility index (Phi) is 5.28. The molecule has 0 radical (unpaired) electrons. The van der Waals surface area contributed by atoms with E-state index in [0.29, 0.717) is 13.2 Å². The molecule has 0 aliphatic carbocycles. The van der Waals surface area contributed by atoms with Gasteiger partial charge in [0.1, 0.15) is 5.82 Å². The molecule has 0 saturated heterocycles. The summed E-state index contributed by atoms with van der Waals surface area (Å²) in [6, 6.07) is 0.760. The van der Waals surface area contributed by atoms with Gasteiger partial charge in [0, 0.05) is 12.7 Å². The van der Waals surface area contributed by atoms with Crippen LogP contribution < -0.4 is 5.32 Å². The predicted octanol–water partition coefficient (Wildman–Crippen LogP) is 2.83. The molecule has 0 aliphatic heterocycles. The minimum Gasteiger partial charge on any atom is -0.380 e. The fourth-order valence-corrected chi connectivity index (χ4v) is 1.34. The number of pyridine rings is 1. The lowest BCUT2D eigenvalue weighted by atomic mass is 10.1. The number of nitrogens with one attached hydrogen (secondary N) is 1. The summed E-state index contributed by atoms with van der Waals surface area (Å²) in [7, 11) is 0. The highest BCUT2D eigenvalue weighted by molar-refractivity contribution is 5.37. The molecule has 5 heteroatoms. The van der Waals surface area contributed by atoms with Crippen molar-refractivity contribution in [1.29, 1.82) is 0 Å². The number of hydrogen-bond donors (Lipinski definition) is 1. The highest BCUT2D eigenvalue weighted by atomic mass is 19.1. The highest BCUT2D eigenvalue weighted by Crippen LogP contribution is 2.15. The Bertz CT molecular complexity index is 358. The summed E-state index contributed by atoms with van der Waals surface area (Å²) < 4.78 is 31.4. The number of ether oxygens (including phenoxy) is 1. The Morgan fingerprint density at radius 2 is 2.12 bits per heavy atom. The molecular formula is C12H18F2N2O. The van der Waals surface area contributed by atoms with E-state index in [1.54, 1.807) is 0 Å². The summed E-state index contributed by atoms with van der Waals surface area (Å²) in [6.07, 6.45) is 0.990. The molecule has 0 amide bonds. The van der Waals surface area contributed by atoms with Crippen LogP contribution in [0.1, 0.15) is 20.8 Å². The third kappa shape index (κ3) is 4.26. The zero-order valence-electron chi connectivity index (χ0n) is 10.3. The van der Waals surface area contributed by atoms with Crippen LogP contribution in [0.3, 0.4) is 0 Å². The Hall–Kier alpha value is -1.23. The Labute approximate surface area is 100 Å². The van der Waals surface area contributed by atoms with Crippen molar-refractivity contribution >= 4 is 5.82 Å². The van der Waals surface area contributed by atoms with Crippen molar-refractivity contribution in [2.75, 3.05) is 18.5 Å². The molecule has 0 spiro atoms. The van der Waals surface area contributed by atoms with Gasteiger partial charge >= 0.3 is 0 Å². The van der Waals surface area contributed by atoms with E-state index >= 15 is 0 Å². The lowest BCUT2D eigenvalue weighted by molar-refractivity contribution is 0.126. The first-order valence-corrected chi connectivity index (χ1v) is 5.70. The molecular weight excluding hydrogens is 226 g/mol. The van der Waals surface area contributed by atoms with Gasteiger partial charge in [0.15, 0.2) is 11.6 Å². The highest BCUT2D eigenvalue weighted by Gasteiger charge is 2.16. The first kappa shape index (κ1) is 13.8. The van der Waals surface area contributed by atoms with E-state index in [9.17, 15) is 8.78 Å². The van der Waals surface area contributed by atoms with E-state index in [0.717, 1.165) is 12.3 Å². The number of rotatable bonds is 6. The van der Waals surface area contributed by atoms with E-state index in [4.69, 9.17) is 4.74 Å². The maximum Gasteiger partial charge on any atom is 0.168 e. The van der Waals surface area contributed by atoms with Gasteiger partial charge in [0.05, 0.1) is 18.8 Å². The van der Waals surface area contributed by atoms with Crippen LogP contribution in [0.15, 0.2) is 12.3 Å². The van der Waals surface area contributed by atoms with Crippen molar-refractivity contribution in [2.45, 2.75) is 26.8 Å². The average Bonchev–Trinajstić information content (AvgIpc) is 2.26. The number of halogens is 2. The molecule has 0 saturated carbocycles. The molecule has 1 aromatic rings. The standard InChI is InChI=1S/C12H18F2N2O/c1-4-17-7-11(8(2)3)16-12-10(14)5-9(13)6-15-12/h5-6,8,11H,4,7H2,1-3H3,(H,15,16). The zero-order chi connectivity index (χ0) is 12.8. The molecule has 1 aromatic heterocycles. The van der Waals surface area contributed by atoms with E-state index < -0.39 is 11.6 Å². The Morgan fingerprint density at radius 3 is 2.65 bits per heavy atom. The van der Waals surface area contributed by atoms with Crippen LogP contribution in [0.2, 0.25) is 0 Å². The second kappa shape index (κ2) is 6.49. The Morgan fingerprint density at radius 1 is 1.41 bits per heavy atom. The lowest BCUT2D eigenvalue weighted by Crippen LogP contribution is -2.31. The molecule has 1 unspecified atom stereocenters. The SMILES string of the molecule is CCOCC(Nc1ncc(F)cc1F)C(C)C. The monoisotopic (exact) mass is 244 g/mol. The number of aromatic nitrogens is 1. The molecule has 17 heavy (non-hydrogen) atoms. The van der Waals surface area contributed by atoms with Gasteiger partial charge in [-0.1, -0.05) is 13.8 Å². The number of anilines is 1. The van der Waals surface area contributed by atoms with E-state index in [1.165, 1.54) is 0 Å². The van der Waals surface area contributed by atoms with Gasteiger partial charge in [-0.25, -0.2) is 13.8 Å². The van der Waals surface area contributed by atoms with Crippen molar-refractivity contribution in [3.63, 3.8) is 0 Å². The first-order chi connectivity index (χ1) is 8.04. The largest absolute Gasteiger partial charge is 0.380 e. The summed E-state index contributed by atoms with van der Waals surface area (Å²) in [6.45, 7) is 6.96. The van der Waals surface area contributed by atoms with Crippen molar-refractivity contribution in [2.24, 2.45) is 5.92 Å². The molecule has 0 aromatic carbocycles. The van der Waals surface area contributed by atoms with Crippen LogP contribution in [0.4, 0.5) is 14.6 Å². The molecule has 1 N–H and O–H groups in total. The summed E-state index contributed by atoms with van der Waals surface area (Å²) in [5.74, 6) is -1.05. The molecule has 96 valence electrons. The fraction of sp³-hybridized carbons (Fsp3) is 0.583. The molecule has 0 aliphatic rings. The molecule has 1 atom stereocenters. The smallest absolute Gasteiger partial charge is 0.168 e. The quantitative estimate of drug-likeness (QED) is 0.835. The minimum absolute atomic E-state index is 0.0533. The predicted molar refractivity (Wildman–Crippen MR) is 62.9 cm³/mol. The van der Waals surface area contributed by atoms with Crippen molar-refractivity contribution < 1.29 is 13.5 Å². The van der Waals surface area contributed by atoms with Crippen LogP contribution >= 0.6 is 0 Å². The van der Waals surface area contributed by atoms with Gasteiger partial charge in [-0.15, -0.1) is 0 Å². The molecule has 3 nitrogen and oxygen atoms in total.